The zero-order valence-corrected chi connectivity index (χ0v) is 11.9. The van der Waals surface area contributed by atoms with Gasteiger partial charge in [0.1, 0.15) is 11.2 Å². The third-order valence-electron chi connectivity index (χ3n) is 2.31. The van der Waals surface area contributed by atoms with Crippen molar-refractivity contribution in [3.05, 3.63) is 39.0 Å². The number of hydrogen-bond acceptors (Lipinski definition) is 7. The van der Waals surface area contributed by atoms with Crippen LogP contribution in [0.5, 0.6) is 0 Å². The normalized spacial score (nSPS) is 10.4. The van der Waals surface area contributed by atoms with E-state index in [2.05, 4.69) is 9.97 Å². The molecule has 0 spiro atoms. The van der Waals surface area contributed by atoms with Gasteiger partial charge in [-0.25, -0.2) is 9.97 Å². The van der Waals surface area contributed by atoms with Gasteiger partial charge in [-0.2, -0.15) is 0 Å². The van der Waals surface area contributed by atoms with E-state index >= 15 is 0 Å². The predicted octanol–water partition coefficient (Wildman–Crippen LogP) is 2.53. The molecule has 0 saturated carbocycles. The van der Waals surface area contributed by atoms with Gasteiger partial charge in [0.2, 0.25) is 0 Å². The number of hydrogen-bond donors (Lipinski definition) is 1. The van der Waals surface area contributed by atoms with Crippen LogP contribution >= 0.6 is 23.1 Å². The van der Waals surface area contributed by atoms with Crippen molar-refractivity contribution in [2.24, 2.45) is 0 Å². The fraction of sp³-hybridized carbons (Fsp3) is 0.182. The molecule has 2 heterocycles. The molecular weight excluding hydrogens is 302 g/mol. The van der Waals surface area contributed by atoms with Gasteiger partial charge in [-0.1, -0.05) is 0 Å². The van der Waals surface area contributed by atoms with Crippen LogP contribution in [0.2, 0.25) is 0 Å². The topological polar surface area (TPSA) is 106 Å². The quantitative estimate of drug-likeness (QED) is 0.668. The van der Waals surface area contributed by atoms with Crippen molar-refractivity contribution in [3.8, 4) is 0 Å². The minimum absolute atomic E-state index is 0.0578. The van der Waals surface area contributed by atoms with Crippen LogP contribution in [0.4, 0.5) is 5.69 Å². The third kappa shape index (κ3) is 3.52. The number of pyridine rings is 1. The second-order valence-corrected chi connectivity index (χ2v) is 6.12. The van der Waals surface area contributed by atoms with Gasteiger partial charge in [-0.05, 0) is 24.8 Å². The molecule has 2 aromatic rings. The van der Waals surface area contributed by atoms with Crippen molar-refractivity contribution in [1.82, 2.24) is 9.97 Å². The van der Waals surface area contributed by atoms with Crippen molar-refractivity contribution < 1.29 is 14.8 Å². The van der Waals surface area contributed by atoms with Crippen LogP contribution in [0.25, 0.3) is 0 Å². The van der Waals surface area contributed by atoms with Crippen LogP contribution in [-0.2, 0) is 11.2 Å². The first kappa shape index (κ1) is 14.4. The number of aromatic nitrogens is 2. The fourth-order valence-electron chi connectivity index (χ4n) is 1.38. The zero-order valence-electron chi connectivity index (χ0n) is 10.3. The second-order valence-electron chi connectivity index (χ2n) is 3.77. The van der Waals surface area contributed by atoms with E-state index in [1.54, 1.807) is 6.92 Å². The van der Waals surface area contributed by atoms with Crippen molar-refractivity contribution in [2.45, 2.75) is 22.7 Å². The molecule has 0 aliphatic carbocycles. The number of carboxylic acid groups (broad SMARTS) is 1. The summed E-state index contributed by atoms with van der Waals surface area (Å²) < 4.78 is 0.667. The summed E-state index contributed by atoms with van der Waals surface area (Å²) in [5.74, 6) is -0.901. The van der Waals surface area contributed by atoms with Crippen molar-refractivity contribution in [2.75, 3.05) is 0 Å². The number of nitro groups is 1. The van der Waals surface area contributed by atoms with Gasteiger partial charge in [-0.3, -0.25) is 14.9 Å². The van der Waals surface area contributed by atoms with Gasteiger partial charge < -0.3 is 5.11 Å². The zero-order chi connectivity index (χ0) is 14.7. The highest BCUT2D eigenvalue weighted by atomic mass is 32.2. The fourth-order valence-corrected chi connectivity index (χ4v) is 3.49. The Labute approximate surface area is 121 Å². The van der Waals surface area contributed by atoms with Gasteiger partial charge in [0.15, 0.2) is 4.34 Å². The molecular formula is C11H9N3O4S2. The maximum absolute atomic E-state index is 10.7. The van der Waals surface area contributed by atoms with E-state index in [0.29, 0.717) is 19.9 Å². The Morgan fingerprint density at radius 3 is 2.85 bits per heavy atom. The lowest BCUT2D eigenvalue weighted by atomic mass is 10.3. The van der Waals surface area contributed by atoms with E-state index in [1.807, 2.05) is 0 Å². The van der Waals surface area contributed by atoms with Gasteiger partial charge in [0.05, 0.1) is 17.0 Å². The lowest BCUT2D eigenvalue weighted by Crippen LogP contribution is -1.99. The highest BCUT2D eigenvalue weighted by Gasteiger charge is 2.13. The molecule has 20 heavy (non-hydrogen) atoms. The van der Waals surface area contributed by atoms with Gasteiger partial charge in [0, 0.05) is 10.9 Å². The molecule has 0 aliphatic heterocycles. The van der Waals surface area contributed by atoms with Crippen molar-refractivity contribution >= 4 is 34.8 Å². The van der Waals surface area contributed by atoms with Crippen LogP contribution < -0.4 is 0 Å². The Morgan fingerprint density at radius 1 is 1.55 bits per heavy atom. The van der Waals surface area contributed by atoms with Crippen LogP contribution in [0.15, 0.2) is 27.7 Å². The van der Waals surface area contributed by atoms with Crippen LogP contribution in [0.1, 0.15) is 10.6 Å². The average Bonchev–Trinajstić information content (AvgIpc) is 2.69. The number of carbonyl (C=O) groups is 1. The molecule has 0 unspecified atom stereocenters. The Morgan fingerprint density at radius 2 is 2.30 bits per heavy atom. The Balaban J connectivity index is 2.13. The summed E-state index contributed by atoms with van der Waals surface area (Å²) in [5, 5.41) is 19.9. The molecule has 0 saturated heterocycles. The summed E-state index contributed by atoms with van der Waals surface area (Å²) in [6.45, 7) is 1.75. The van der Waals surface area contributed by atoms with E-state index in [1.165, 1.54) is 41.4 Å². The van der Waals surface area contributed by atoms with Crippen LogP contribution in [-0.4, -0.2) is 26.0 Å². The largest absolute Gasteiger partial charge is 0.481 e. The van der Waals surface area contributed by atoms with Crippen LogP contribution in [0, 0.1) is 17.0 Å². The number of aliphatic carboxylic acids is 1. The average molecular weight is 311 g/mol. The van der Waals surface area contributed by atoms with Crippen molar-refractivity contribution in [3.63, 3.8) is 0 Å². The Kier molecular flexibility index (Phi) is 4.30. The highest BCUT2D eigenvalue weighted by Crippen LogP contribution is 2.32. The standard InChI is InChI=1S/C11H9N3O4S2/c1-6-8(4-10(15)16)19-11(13-6)20-9-3-2-7(5-12-9)14(17)18/h2-3,5H,4H2,1H3,(H,15,16). The molecule has 0 atom stereocenters. The van der Waals surface area contributed by atoms with Gasteiger partial charge in [0.25, 0.3) is 5.69 Å². The summed E-state index contributed by atoms with van der Waals surface area (Å²) in [6, 6.07) is 2.91. The minimum atomic E-state index is -0.901. The summed E-state index contributed by atoms with van der Waals surface area (Å²) in [7, 11) is 0. The molecule has 9 heteroatoms. The van der Waals surface area contributed by atoms with E-state index < -0.39 is 10.9 Å². The van der Waals surface area contributed by atoms with E-state index in [0.717, 1.165) is 0 Å². The molecule has 0 aliphatic rings. The lowest BCUT2D eigenvalue weighted by molar-refractivity contribution is -0.385. The van der Waals surface area contributed by atoms with E-state index in [9.17, 15) is 14.9 Å². The minimum Gasteiger partial charge on any atom is -0.481 e. The van der Waals surface area contributed by atoms with Crippen molar-refractivity contribution in [1.29, 1.82) is 0 Å². The molecule has 1 N–H and O–H groups in total. The number of aryl methyl sites for hydroxylation is 1. The van der Waals surface area contributed by atoms with E-state index in [4.69, 9.17) is 5.11 Å². The monoisotopic (exact) mass is 311 g/mol. The molecule has 0 amide bonds. The number of thiazole rings is 1. The molecule has 0 aromatic carbocycles. The SMILES string of the molecule is Cc1nc(Sc2ccc([N+](=O)[O-])cn2)sc1CC(=O)O. The summed E-state index contributed by atoms with van der Waals surface area (Å²) in [6.07, 6.45) is 1.12. The lowest BCUT2D eigenvalue weighted by Gasteiger charge is -1.95. The maximum Gasteiger partial charge on any atom is 0.308 e. The Bertz CT molecular complexity index is 654. The number of rotatable bonds is 5. The molecule has 0 bridgehead atoms. The summed E-state index contributed by atoms with van der Waals surface area (Å²) >= 11 is 2.54. The van der Waals surface area contributed by atoms with Crippen LogP contribution in [0.3, 0.4) is 0 Å². The first-order valence-corrected chi connectivity index (χ1v) is 7.05. The Hall–Kier alpha value is -2.00. The molecule has 7 nitrogen and oxygen atoms in total. The third-order valence-corrected chi connectivity index (χ3v) is 4.48. The number of carboxylic acids is 1. The molecule has 0 fully saturated rings. The number of nitrogens with zero attached hydrogens (tertiary/aromatic N) is 3. The predicted molar refractivity (Wildman–Crippen MR) is 73.2 cm³/mol. The molecule has 2 aromatic heterocycles. The van der Waals surface area contributed by atoms with Gasteiger partial charge >= 0.3 is 5.97 Å². The summed E-state index contributed by atoms with van der Waals surface area (Å²) in [4.78, 5) is 29.6. The highest BCUT2D eigenvalue weighted by molar-refractivity contribution is 8.01. The first-order chi connectivity index (χ1) is 9.45. The van der Waals surface area contributed by atoms with E-state index in [-0.39, 0.29) is 12.1 Å². The second kappa shape index (κ2) is 5.97. The first-order valence-electron chi connectivity index (χ1n) is 5.42. The molecule has 0 radical (unpaired) electrons. The maximum atomic E-state index is 10.7. The summed E-state index contributed by atoms with van der Waals surface area (Å²) in [5.41, 5.74) is 0.609. The molecule has 2 rings (SSSR count). The molecule has 104 valence electrons. The van der Waals surface area contributed by atoms with Gasteiger partial charge in [-0.15, -0.1) is 11.3 Å². The smallest absolute Gasteiger partial charge is 0.308 e.